The average molecular weight is 323 g/mol. The van der Waals surface area contributed by atoms with Crippen molar-refractivity contribution in [3.8, 4) is 0 Å². The summed E-state index contributed by atoms with van der Waals surface area (Å²) in [6.45, 7) is 0.897. The Balaban J connectivity index is 2.21. The first-order chi connectivity index (χ1) is 8.92. The molecule has 1 fully saturated rings. The third kappa shape index (κ3) is 3.61. The zero-order chi connectivity index (χ0) is 14.0. The van der Waals surface area contributed by atoms with E-state index in [1.54, 1.807) is 18.2 Å². The van der Waals surface area contributed by atoms with E-state index < -0.39 is 10.0 Å². The van der Waals surface area contributed by atoms with Crippen LogP contribution in [-0.4, -0.2) is 31.9 Å². The first-order valence-corrected chi connectivity index (χ1v) is 8.43. The Labute approximate surface area is 123 Å². The van der Waals surface area contributed by atoms with E-state index in [0.29, 0.717) is 28.7 Å². The molecule has 7 heteroatoms. The third-order valence-electron chi connectivity index (χ3n) is 3.22. The van der Waals surface area contributed by atoms with E-state index in [-0.39, 0.29) is 11.8 Å². The second-order valence-electron chi connectivity index (χ2n) is 4.68. The fourth-order valence-corrected chi connectivity index (χ4v) is 4.78. The molecule has 19 heavy (non-hydrogen) atoms. The van der Waals surface area contributed by atoms with Crippen molar-refractivity contribution in [2.24, 2.45) is 5.73 Å². The Kier molecular flexibility index (Phi) is 4.74. The van der Waals surface area contributed by atoms with Crippen molar-refractivity contribution in [3.05, 3.63) is 33.8 Å². The van der Waals surface area contributed by atoms with Crippen LogP contribution in [0.4, 0.5) is 0 Å². The maximum Gasteiger partial charge on any atom is 0.218 e. The summed E-state index contributed by atoms with van der Waals surface area (Å²) in [4.78, 5) is 0. The van der Waals surface area contributed by atoms with Crippen molar-refractivity contribution in [1.82, 2.24) is 4.31 Å². The number of halogens is 2. The highest BCUT2D eigenvalue weighted by Crippen LogP contribution is 2.25. The number of nitrogens with two attached hydrogens (primary N) is 1. The summed E-state index contributed by atoms with van der Waals surface area (Å²) in [7, 11) is -3.37. The molecule has 0 spiro atoms. The van der Waals surface area contributed by atoms with Gasteiger partial charge in [-0.1, -0.05) is 23.2 Å². The number of benzene rings is 1. The number of nitrogens with zero attached hydrogens (tertiary/aromatic N) is 1. The maximum absolute atomic E-state index is 12.4. The zero-order valence-electron chi connectivity index (χ0n) is 10.4. The SMILES string of the molecule is NC[C@@H]1CCCN1S(=O)(=O)Cc1cc(Cl)cc(Cl)c1. The Morgan fingerprint density at radius 3 is 2.47 bits per heavy atom. The standard InChI is InChI=1S/C12H16Cl2N2O2S/c13-10-4-9(5-11(14)6-10)8-19(17,18)16-3-1-2-12(16)7-15/h4-6,12H,1-3,7-8,15H2/t12-/m0/s1. The van der Waals surface area contributed by atoms with E-state index >= 15 is 0 Å². The lowest BCUT2D eigenvalue weighted by molar-refractivity contribution is 0.392. The molecule has 0 bridgehead atoms. The van der Waals surface area contributed by atoms with E-state index in [0.717, 1.165) is 12.8 Å². The van der Waals surface area contributed by atoms with Gasteiger partial charge >= 0.3 is 0 Å². The Morgan fingerprint density at radius 1 is 1.26 bits per heavy atom. The molecule has 0 saturated carbocycles. The Morgan fingerprint density at radius 2 is 1.89 bits per heavy atom. The normalized spacial score (nSPS) is 20.9. The first-order valence-electron chi connectivity index (χ1n) is 6.07. The van der Waals surface area contributed by atoms with Crippen LogP contribution < -0.4 is 5.73 Å². The molecule has 0 aromatic heterocycles. The smallest absolute Gasteiger partial charge is 0.218 e. The van der Waals surface area contributed by atoms with Crippen molar-refractivity contribution in [2.45, 2.75) is 24.6 Å². The Bertz CT molecular complexity index is 543. The van der Waals surface area contributed by atoms with Crippen LogP contribution in [0.15, 0.2) is 18.2 Å². The Hall–Kier alpha value is -0.330. The molecule has 2 rings (SSSR count). The van der Waals surface area contributed by atoms with Crippen LogP contribution in [-0.2, 0) is 15.8 Å². The summed E-state index contributed by atoms with van der Waals surface area (Å²) in [6, 6.07) is 4.74. The maximum atomic E-state index is 12.4. The van der Waals surface area contributed by atoms with E-state index in [9.17, 15) is 8.42 Å². The van der Waals surface area contributed by atoms with Gasteiger partial charge in [-0.15, -0.1) is 0 Å². The van der Waals surface area contributed by atoms with Crippen LogP contribution in [0.25, 0.3) is 0 Å². The first kappa shape index (κ1) is 15.1. The number of hydrogen-bond donors (Lipinski definition) is 1. The minimum Gasteiger partial charge on any atom is -0.329 e. The highest BCUT2D eigenvalue weighted by molar-refractivity contribution is 7.88. The van der Waals surface area contributed by atoms with Gasteiger partial charge in [0.15, 0.2) is 0 Å². The molecule has 106 valence electrons. The van der Waals surface area contributed by atoms with Gasteiger partial charge in [0, 0.05) is 29.2 Å². The molecule has 0 radical (unpaired) electrons. The molecular weight excluding hydrogens is 307 g/mol. The quantitative estimate of drug-likeness (QED) is 0.924. The van der Waals surface area contributed by atoms with E-state index in [2.05, 4.69) is 0 Å². The molecule has 2 N–H and O–H groups in total. The molecule has 4 nitrogen and oxygen atoms in total. The summed E-state index contributed by atoms with van der Waals surface area (Å²) in [6.07, 6.45) is 1.68. The van der Waals surface area contributed by atoms with Crippen molar-refractivity contribution < 1.29 is 8.42 Å². The van der Waals surface area contributed by atoms with E-state index in [1.165, 1.54) is 4.31 Å². The van der Waals surface area contributed by atoms with Gasteiger partial charge in [-0.25, -0.2) is 8.42 Å². The van der Waals surface area contributed by atoms with Crippen LogP contribution in [0.3, 0.4) is 0 Å². The highest BCUT2D eigenvalue weighted by atomic mass is 35.5. The molecule has 1 atom stereocenters. The number of rotatable bonds is 4. The van der Waals surface area contributed by atoms with Gasteiger partial charge in [-0.2, -0.15) is 4.31 Å². The van der Waals surface area contributed by atoms with Crippen LogP contribution in [0.5, 0.6) is 0 Å². The summed E-state index contributed by atoms with van der Waals surface area (Å²) in [5.41, 5.74) is 6.21. The molecular formula is C12H16Cl2N2O2S. The average Bonchev–Trinajstić information content (AvgIpc) is 2.75. The van der Waals surface area contributed by atoms with Crippen molar-refractivity contribution in [2.75, 3.05) is 13.1 Å². The highest BCUT2D eigenvalue weighted by Gasteiger charge is 2.33. The molecule has 0 aliphatic carbocycles. The predicted molar refractivity (Wildman–Crippen MR) is 77.9 cm³/mol. The summed E-state index contributed by atoms with van der Waals surface area (Å²) in [5, 5.41) is 0.879. The second kappa shape index (κ2) is 5.97. The van der Waals surface area contributed by atoms with Gasteiger partial charge < -0.3 is 5.73 Å². The van der Waals surface area contributed by atoms with E-state index in [4.69, 9.17) is 28.9 Å². The van der Waals surface area contributed by atoms with Gasteiger partial charge in [-0.05, 0) is 36.6 Å². The third-order valence-corrected chi connectivity index (χ3v) is 5.55. The van der Waals surface area contributed by atoms with Gasteiger partial charge in [0.2, 0.25) is 10.0 Å². The van der Waals surface area contributed by atoms with Gasteiger partial charge in [0.25, 0.3) is 0 Å². The van der Waals surface area contributed by atoms with E-state index in [1.807, 2.05) is 0 Å². The summed E-state index contributed by atoms with van der Waals surface area (Å²) in [5.74, 6) is -0.0935. The monoisotopic (exact) mass is 322 g/mol. The topological polar surface area (TPSA) is 63.4 Å². The molecule has 1 saturated heterocycles. The van der Waals surface area contributed by atoms with Crippen LogP contribution in [0.2, 0.25) is 10.0 Å². The number of hydrogen-bond acceptors (Lipinski definition) is 3. The lowest BCUT2D eigenvalue weighted by Crippen LogP contribution is -2.40. The molecule has 1 aliphatic heterocycles. The molecule has 0 unspecified atom stereocenters. The molecule has 1 aromatic carbocycles. The van der Waals surface area contributed by atoms with Gasteiger partial charge in [0.05, 0.1) is 5.75 Å². The number of sulfonamides is 1. The minimum atomic E-state index is -3.37. The van der Waals surface area contributed by atoms with Gasteiger partial charge in [0.1, 0.15) is 0 Å². The fraction of sp³-hybridized carbons (Fsp3) is 0.500. The molecule has 0 amide bonds. The lowest BCUT2D eigenvalue weighted by atomic mass is 10.2. The van der Waals surface area contributed by atoms with Crippen molar-refractivity contribution >= 4 is 33.2 Å². The fourth-order valence-electron chi connectivity index (χ4n) is 2.40. The summed E-state index contributed by atoms with van der Waals surface area (Å²) < 4.78 is 26.3. The molecule has 1 heterocycles. The molecule has 1 aromatic rings. The second-order valence-corrected chi connectivity index (χ2v) is 7.47. The minimum absolute atomic E-state index is 0.0837. The molecule has 1 aliphatic rings. The van der Waals surface area contributed by atoms with Crippen LogP contribution >= 0.6 is 23.2 Å². The summed E-state index contributed by atoms with van der Waals surface area (Å²) >= 11 is 11.8. The van der Waals surface area contributed by atoms with Crippen molar-refractivity contribution in [3.63, 3.8) is 0 Å². The predicted octanol–water partition coefficient (Wildman–Crippen LogP) is 2.25. The van der Waals surface area contributed by atoms with Crippen LogP contribution in [0.1, 0.15) is 18.4 Å². The zero-order valence-corrected chi connectivity index (χ0v) is 12.7. The lowest BCUT2D eigenvalue weighted by Gasteiger charge is -2.22. The van der Waals surface area contributed by atoms with Crippen LogP contribution in [0, 0.1) is 0 Å². The largest absolute Gasteiger partial charge is 0.329 e. The van der Waals surface area contributed by atoms with Crippen molar-refractivity contribution in [1.29, 1.82) is 0 Å². The van der Waals surface area contributed by atoms with Gasteiger partial charge in [-0.3, -0.25) is 0 Å².